The number of hydrogen-bond acceptors (Lipinski definition) is 5. The molecule has 3 rings (SSSR count). The van der Waals surface area contributed by atoms with Crippen LogP contribution in [0.25, 0.3) is 0 Å². The van der Waals surface area contributed by atoms with Crippen molar-refractivity contribution in [3.05, 3.63) is 47.7 Å². The molecule has 0 saturated carbocycles. The number of hydrogen-bond donors (Lipinski definition) is 1. The number of piperazine rings is 1. The van der Waals surface area contributed by atoms with Crippen molar-refractivity contribution in [1.29, 1.82) is 0 Å². The Morgan fingerprint density at radius 3 is 2.44 bits per heavy atom. The fourth-order valence-electron chi connectivity index (χ4n) is 4.79. The van der Waals surface area contributed by atoms with Gasteiger partial charge >= 0.3 is 0 Å². The van der Waals surface area contributed by atoms with Crippen molar-refractivity contribution < 1.29 is 19.4 Å². The van der Waals surface area contributed by atoms with E-state index in [2.05, 4.69) is 49.9 Å². The molecule has 0 spiro atoms. The average molecular weight is 445 g/mol. The second-order valence-electron chi connectivity index (χ2n) is 9.95. The van der Waals surface area contributed by atoms with E-state index >= 15 is 0 Å². The summed E-state index contributed by atoms with van der Waals surface area (Å²) < 4.78 is 12.1. The fourth-order valence-corrected chi connectivity index (χ4v) is 4.79. The summed E-state index contributed by atoms with van der Waals surface area (Å²) in [6.45, 7) is 13.2. The van der Waals surface area contributed by atoms with Gasteiger partial charge in [0.15, 0.2) is 5.76 Å². The number of ether oxygens (including phenoxy) is 2. The van der Waals surface area contributed by atoms with Crippen molar-refractivity contribution in [2.75, 3.05) is 39.4 Å². The van der Waals surface area contributed by atoms with Gasteiger partial charge < -0.3 is 19.5 Å². The van der Waals surface area contributed by atoms with Gasteiger partial charge in [0.25, 0.3) is 5.91 Å². The summed E-state index contributed by atoms with van der Waals surface area (Å²) in [5.74, 6) is 0.628. The van der Waals surface area contributed by atoms with Gasteiger partial charge in [0, 0.05) is 51.9 Å². The Morgan fingerprint density at radius 2 is 1.84 bits per heavy atom. The number of amides is 1. The third kappa shape index (κ3) is 6.33. The van der Waals surface area contributed by atoms with Gasteiger partial charge in [-0.3, -0.25) is 9.69 Å². The highest BCUT2D eigenvalue weighted by Crippen LogP contribution is 2.43. The lowest BCUT2D eigenvalue weighted by Crippen LogP contribution is -2.50. The van der Waals surface area contributed by atoms with Gasteiger partial charge in [0.2, 0.25) is 6.29 Å². The Kier molecular flexibility index (Phi) is 8.74. The van der Waals surface area contributed by atoms with E-state index in [1.807, 2.05) is 24.0 Å². The molecule has 1 saturated heterocycles. The molecule has 1 aromatic rings. The van der Waals surface area contributed by atoms with Crippen LogP contribution in [0, 0.1) is 17.3 Å². The van der Waals surface area contributed by atoms with E-state index < -0.39 is 6.29 Å². The molecule has 0 aliphatic carbocycles. The average Bonchev–Trinajstić information content (AvgIpc) is 2.78. The Hall–Kier alpha value is -1.89. The zero-order chi connectivity index (χ0) is 23.1. The van der Waals surface area contributed by atoms with Gasteiger partial charge in [-0.25, -0.2) is 0 Å². The predicted octanol–water partition coefficient (Wildman–Crippen LogP) is 3.66. The molecule has 1 aromatic carbocycles. The van der Waals surface area contributed by atoms with Crippen LogP contribution < -0.4 is 0 Å². The van der Waals surface area contributed by atoms with Gasteiger partial charge in [-0.1, -0.05) is 51.1 Å². The highest BCUT2D eigenvalue weighted by molar-refractivity contribution is 5.91. The zero-order valence-corrected chi connectivity index (χ0v) is 20.1. The largest absolute Gasteiger partial charge is 0.459 e. The van der Waals surface area contributed by atoms with E-state index in [0.29, 0.717) is 31.9 Å². The lowest BCUT2D eigenvalue weighted by Gasteiger charge is -2.43. The summed E-state index contributed by atoms with van der Waals surface area (Å²) in [5, 5.41) is 9.37. The molecule has 0 aromatic heterocycles. The van der Waals surface area contributed by atoms with Crippen molar-refractivity contribution in [1.82, 2.24) is 9.80 Å². The molecule has 6 heteroatoms. The molecule has 178 valence electrons. The number of carbonyl (C=O) groups excluding carboxylic acids is 1. The normalized spacial score (nSPS) is 24.7. The SMILES string of the molecule is CCO[C@H]1OC(C(=O)N2CCN(Cc3ccccc3)CC2)=C[C@@H](C(C)(C)C)[C@H]1CCCO. The Morgan fingerprint density at radius 1 is 1.16 bits per heavy atom. The van der Waals surface area contributed by atoms with Crippen molar-refractivity contribution in [3.63, 3.8) is 0 Å². The first kappa shape index (κ1) is 24.7. The zero-order valence-electron chi connectivity index (χ0n) is 20.1. The third-order valence-electron chi connectivity index (χ3n) is 6.53. The number of benzene rings is 1. The van der Waals surface area contributed by atoms with Crippen molar-refractivity contribution in [2.24, 2.45) is 17.3 Å². The number of carbonyl (C=O) groups is 1. The summed E-state index contributed by atoms with van der Waals surface area (Å²) in [5.41, 5.74) is 1.26. The number of aliphatic hydroxyl groups is 1. The van der Waals surface area contributed by atoms with Crippen LogP contribution in [-0.2, 0) is 20.8 Å². The van der Waals surface area contributed by atoms with Gasteiger partial charge in [0.1, 0.15) is 0 Å². The summed E-state index contributed by atoms with van der Waals surface area (Å²) in [6, 6.07) is 10.5. The van der Waals surface area contributed by atoms with E-state index in [9.17, 15) is 9.90 Å². The van der Waals surface area contributed by atoms with Crippen molar-refractivity contribution in [3.8, 4) is 0 Å². The maximum absolute atomic E-state index is 13.4. The number of rotatable bonds is 8. The van der Waals surface area contributed by atoms with Crippen LogP contribution in [0.15, 0.2) is 42.2 Å². The molecular weight excluding hydrogens is 404 g/mol. The summed E-state index contributed by atoms with van der Waals surface area (Å²) >= 11 is 0. The first-order chi connectivity index (χ1) is 15.3. The number of allylic oxidation sites excluding steroid dienone is 1. The minimum Gasteiger partial charge on any atom is -0.459 e. The van der Waals surface area contributed by atoms with Crippen LogP contribution in [0.4, 0.5) is 0 Å². The van der Waals surface area contributed by atoms with Gasteiger partial charge in [-0.05, 0) is 42.7 Å². The van der Waals surface area contributed by atoms with E-state index in [1.165, 1.54) is 5.56 Å². The molecular formula is C26H40N2O4. The number of aliphatic hydroxyl groups excluding tert-OH is 1. The molecule has 32 heavy (non-hydrogen) atoms. The van der Waals surface area contributed by atoms with E-state index in [-0.39, 0.29) is 29.8 Å². The van der Waals surface area contributed by atoms with Gasteiger partial charge in [0.05, 0.1) is 0 Å². The third-order valence-corrected chi connectivity index (χ3v) is 6.53. The lowest BCUT2D eigenvalue weighted by atomic mass is 9.70. The molecule has 1 N–H and O–H groups in total. The number of nitrogens with zero attached hydrogens (tertiary/aromatic N) is 2. The fraction of sp³-hybridized carbons (Fsp3) is 0.654. The highest BCUT2D eigenvalue weighted by atomic mass is 16.7. The summed E-state index contributed by atoms with van der Waals surface area (Å²) in [7, 11) is 0. The molecule has 2 heterocycles. The quantitative estimate of drug-likeness (QED) is 0.663. The first-order valence-corrected chi connectivity index (χ1v) is 12.0. The van der Waals surface area contributed by atoms with Crippen LogP contribution in [0.5, 0.6) is 0 Å². The van der Waals surface area contributed by atoms with Crippen LogP contribution in [0.2, 0.25) is 0 Å². The molecule has 3 atom stereocenters. The molecule has 2 aliphatic rings. The Bertz CT molecular complexity index is 751. The minimum atomic E-state index is -0.459. The van der Waals surface area contributed by atoms with E-state index in [1.54, 1.807) is 0 Å². The molecule has 2 aliphatic heterocycles. The van der Waals surface area contributed by atoms with Crippen molar-refractivity contribution >= 4 is 5.91 Å². The molecule has 0 radical (unpaired) electrons. The topological polar surface area (TPSA) is 62.2 Å². The molecule has 1 fully saturated rings. The van der Waals surface area contributed by atoms with Crippen molar-refractivity contribution in [2.45, 2.75) is 53.4 Å². The smallest absolute Gasteiger partial charge is 0.288 e. The van der Waals surface area contributed by atoms with E-state index in [4.69, 9.17) is 9.47 Å². The monoisotopic (exact) mass is 444 g/mol. The predicted molar refractivity (Wildman–Crippen MR) is 126 cm³/mol. The minimum absolute atomic E-state index is 0.0380. The standard InChI is InChI=1S/C26H40N2O4/c1-5-31-25-21(12-9-17-29)22(26(2,3)4)18-23(32-25)24(30)28-15-13-27(14-16-28)19-20-10-7-6-8-11-20/h6-8,10-11,18,21-22,25,29H,5,9,12-17,19H2,1-4H3/t21-,22-,25+/m1/s1. The molecule has 0 unspecified atom stereocenters. The van der Waals surface area contributed by atoms with Crippen LogP contribution in [0.3, 0.4) is 0 Å². The molecule has 0 bridgehead atoms. The van der Waals surface area contributed by atoms with E-state index in [0.717, 1.165) is 26.1 Å². The van der Waals surface area contributed by atoms with Crippen LogP contribution in [-0.4, -0.2) is 66.5 Å². The highest BCUT2D eigenvalue weighted by Gasteiger charge is 2.42. The Balaban J connectivity index is 1.68. The second-order valence-corrected chi connectivity index (χ2v) is 9.95. The Labute approximate surface area is 193 Å². The summed E-state index contributed by atoms with van der Waals surface area (Å²) in [4.78, 5) is 17.7. The lowest BCUT2D eigenvalue weighted by molar-refractivity contribution is -0.182. The maximum Gasteiger partial charge on any atom is 0.288 e. The first-order valence-electron chi connectivity index (χ1n) is 12.0. The van der Waals surface area contributed by atoms with Crippen LogP contribution >= 0.6 is 0 Å². The van der Waals surface area contributed by atoms with Gasteiger partial charge in [-0.2, -0.15) is 0 Å². The second kappa shape index (κ2) is 11.3. The maximum atomic E-state index is 13.4. The van der Waals surface area contributed by atoms with Crippen LogP contribution in [0.1, 0.15) is 46.1 Å². The summed E-state index contributed by atoms with van der Waals surface area (Å²) in [6.07, 6.45) is 3.07. The molecule has 6 nitrogen and oxygen atoms in total. The molecule has 1 amide bonds. The van der Waals surface area contributed by atoms with Gasteiger partial charge in [-0.15, -0.1) is 0 Å².